The molecule has 0 amide bonds. The molecule has 0 aliphatic carbocycles. The van der Waals surface area contributed by atoms with Crippen molar-refractivity contribution in [3.05, 3.63) is 42.4 Å². The molecule has 0 bridgehead atoms. The van der Waals surface area contributed by atoms with Gasteiger partial charge in [-0.2, -0.15) is 4.31 Å². The first-order chi connectivity index (χ1) is 11.0. The molecule has 0 radical (unpaired) electrons. The molecule has 120 valence electrons. The fourth-order valence-electron chi connectivity index (χ4n) is 3.21. The monoisotopic (exact) mass is 333 g/mol. The van der Waals surface area contributed by atoms with E-state index in [0.717, 1.165) is 0 Å². The van der Waals surface area contributed by atoms with Crippen molar-refractivity contribution in [2.24, 2.45) is 0 Å². The Balaban J connectivity index is 1.63. The molecule has 1 atom stereocenters. The van der Waals surface area contributed by atoms with Gasteiger partial charge in [0, 0.05) is 13.0 Å². The second-order valence-electron chi connectivity index (χ2n) is 5.89. The van der Waals surface area contributed by atoms with E-state index < -0.39 is 15.6 Å². The molecule has 1 aromatic heterocycles. The molecule has 3 heterocycles. The molecule has 1 unspecified atom stereocenters. The van der Waals surface area contributed by atoms with Crippen LogP contribution in [-0.2, 0) is 10.0 Å². The second-order valence-corrected chi connectivity index (χ2v) is 7.79. The van der Waals surface area contributed by atoms with Gasteiger partial charge in [0.05, 0.1) is 31.1 Å². The first-order valence-corrected chi connectivity index (χ1v) is 8.74. The number of nitrogens with zero attached hydrogens (tertiary/aromatic N) is 2. The van der Waals surface area contributed by atoms with Crippen molar-refractivity contribution < 1.29 is 17.9 Å². The summed E-state index contributed by atoms with van der Waals surface area (Å²) in [6.45, 7) is 0.477. The summed E-state index contributed by atoms with van der Waals surface area (Å²) in [5.74, 6) is 0.525. The van der Waals surface area contributed by atoms with Crippen LogP contribution in [0.15, 0.2) is 41.8 Å². The van der Waals surface area contributed by atoms with Crippen LogP contribution < -0.4 is 4.74 Å². The maximum atomic E-state index is 12.6. The number of H-pyrrole nitrogens is 1. The first-order valence-electron chi connectivity index (χ1n) is 7.30. The lowest BCUT2D eigenvalue weighted by Crippen LogP contribution is -2.45. The number of para-hydroxylation sites is 1. The third kappa shape index (κ3) is 2.25. The molecule has 2 aliphatic heterocycles. The number of Topliss-reactive ketones (excluding diaryl/α,β-unsaturated/α-hetero) is 1. The summed E-state index contributed by atoms with van der Waals surface area (Å²) in [6.07, 6.45) is 3.29. The number of imidazole rings is 1. The van der Waals surface area contributed by atoms with Gasteiger partial charge in [-0.15, -0.1) is 0 Å². The quantitative estimate of drug-likeness (QED) is 0.892. The molecule has 2 aromatic rings. The van der Waals surface area contributed by atoms with Crippen LogP contribution in [0.25, 0.3) is 0 Å². The Kier molecular flexibility index (Phi) is 3.07. The van der Waals surface area contributed by atoms with Gasteiger partial charge in [0.2, 0.25) is 0 Å². The maximum Gasteiger partial charge on any atom is 0.260 e. The van der Waals surface area contributed by atoms with E-state index in [1.54, 1.807) is 24.3 Å². The fraction of sp³-hybridized carbons (Fsp3) is 0.333. The van der Waals surface area contributed by atoms with Gasteiger partial charge < -0.3 is 9.72 Å². The van der Waals surface area contributed by atoms with Gasteiger partial charge in [-0.3, -0.25) is 4.79 Å². The molecule has 1 aromatic carbocycles. The summed E-state index contributed by atoms with van der Waals surface area (Å²) in [5.41, 5.74) is -0.216. The number of hydrogen-bond acceptors (Lipinski definition) is 5. The van der Waals surface area contributed by atoms with Crippen molar-refractivity contribution >= 4 is 15.8 Å². The highest BCUT2D eigenvalue weighted by Crippen LogP contribution is 2.39. The molecule has 8 heteroatoms. The van der Waals surface area contributed by atoms with Crippen molar-refractivity contribution in [3.63, 3.8) is 0 Å². The fourth-order valence-corrected chi connectivity index (χ4v) is 4.62. The highest BCUT2D eigenvalue weighted by molar-refractivity contribution is 7.89. The Morgan fingerprint density at radius 1 is 1.30 bits per heavy atom. The number of nitrogens with one attached hydrogen (secondary N) is 1. The Morgan fingerprint density at radius 2 is 2.13 bits per heavy atom. The van der Waals surface area contributed by atoms with Crippen molar-refractivity contribution in [1.29, 1.82) is 0 Å². The topological polar surface area (TPSA) is 92.4 Å². The lowest BCUT2D eigenvalue weighted by Gasteiger charge is -2.34. The van der Waals surface area contributed by atoms with Gasteiger partial charge in [0.1, 0.15) is 11.4 Å². The van der Waals surface area contributed by atoms with Crippen LogP contribution in [0.3, 0.4) is 0 Å². The number of hydrogen-bond donors (Lipinski definition) is 1. The van der Waals surface area contributed by atoms with Crippen LogP contribution in [0.4, 0.5) is 0 Å². The minimum Gasteiger partial charge on any atom is -0.485 e. The molecule has 1 spiro atoms. The van der Waals surface area contributed by atoms with E-state index in [9.17, 15) is 13.2 Å². The zero-order valence-electron chi connectivity index (χ0n) is 12.2. The number of sulfonamides is 1. The van der Waals surface area contributed by atoms with E-state index in [1.165, 1.54) is 16.8 Å². The number of aromatic amines is 1. The third-order valence-corrected chi connectivity index (χ3v) is 6.14. The number of fused-ring (bicyclic) bond motifs is 1. The smallest absolute Gasteiger partial charge is 0.260 e. The largest absolute Gasteiger partial charge is 0.485 e. The lowest BCUT2D eigenvalue weighted by molar-refractivity contribution is 0.0498. The number of ether oxygens (including phenoxy) is 1. The van der Waals surface area contributed by atoms with Crippen LogP contribution in [0, 0.1) is 0 Å². The Bertz CT molecular complexity index is 863. The van der Waals surface area contributed by atoms with Gasteiger partial charge in [-0.25, -0.2) is 13.4 Å². The summed E-state index contributed by atoms with van der Waals surface area (Å²) in [5, 5.41) is 0.0529. The molecule has 23 heavy (non-hydrogen) atoms. The van der Waals surface area contributed by atoms with Gasteiger partial charge in [-0.1, -0.05) is 12.1 Å². The Hall–Kier alpha value is -2.19. The minimum absolute atomic E-state index is 0.00682. The summed E-state index contributed by atoms with van der Waals surface area (Å²) < 4.78 is 32.5. The van der Waals surface area contributed by atoms with Gasteiger partial charge in [0.15, 0.2) is 10.8 Å². The van der Waals surface area contributed by atoms with Gasteiger partial charge in [-0.05, 0) is 12.1 Å². The van der Waals surface area contributed by atoms with Gasteiger partial charge >= 0.3 is 0 Å². The van der Waals surface area contributed by atoms with Crippen molar-refractivity contribution in [3.8, 4) is 5.75 Å². The predicted octanol–water partition coefficient (Wildman–Crippen LogP) is 1.21. The zero-order valence-corrected chi connectivity index (χ0v) is 13.0. The number of carbonyl (C=O) groups excluding carboxylic acids is 1. The number of rotatable bonds is 2. The molecule has 1 N–H and O–H groups in total. The molecule has 0 saturated carbocycles. The van der Waals surface area contributed by atoms with E-state index in [-0.39, 0.29) is 23.8 Å². The van der Waals surface area contributed by atoms with Crippen molar-refractivity contribution in [2.45, 2.75) is 23.5 Å². The molecule has 2 aliphatic rings. The molecule has 1 fully saturated rings. The van der Waals surface area contributed by atoms with E-state index in [0.29, 0.717) is 24.3 Å². The SMILES string of the molecule is O=C1CC2(CCN(S(=O)(=O)c3cnc[nH]3)C2)Oc2ccccc21. The highest BCUT2D eigenvalue weighted by Gasteiger charge is 2.49. The van der Waals surface area contributed by atoms with Crippen molar-refractivity contribution in [1.82, 2.24) is 14.3 Å². The highest BCUT2D eigenvalue weighted by atomic mass is 32.2. The standard InChI is InChI=1S/C15H15N3O4S/c19-12-7-15(22-13-4-2-1-3-11(12)13)5-6-18(9-15)23(20,21)14-8-16-10-17-14/h1-4,8,10H,5-7,9H2,(H,16,17). The maximum absolute atomic E-state index is 12.6. The molecule has 7 nitrogen and oxygen atoms in total. The normalized spacial score (nSPS) is 24.6. The molecular formula is C15H15N3O4S. The van der Waals surface area contributed by atoms with Crippen molar-refractivity contribution in [2.75, 3.05) is 13.1 Å². The summed E-state index contributed by atoms with van der Waals surface area (Å²) in [7, 11) is -3.64. The van der Waals surface area contributed by atoms with Crippen LogP contribution in [0.1, 0.15) is 23.2 Å². The average Bonchev–Trinajstić information content (AvgIpc) is 3.18. The lowest BCUT2D eigenvalue weighted by atomic mass is 9.89. The zero-order chi connectivity index (χ0) is 16.1. The first kappa shape index (κ1) is 14.4. The van der Waals surface area contributed by atoms with E-state index in [1.807, 2.05) is 0 Å². The third-order valence-electron chi connectivity index (χ3n) is 4.37. The Labute approximate surface area is 133 Å². The minimum atomic E-state index is -3.64. The number of benzene rings is 1. The number of carbonyl (C=O) groups is 1. The second kappa shape index (κ2) is 4.90. The van der Waals surface area contributed by atoms with E-state index in [2.05, 4.69) is 9.97 Å². The van der Waals surface area contributed by atoms with Gasteiger partial charge in [0.25, 0.3) is 10.0 Å². The molecule has 4 rings (SSSR count). The Morgan fingerprint density at radius 3 is 2.91 bits per heavy atom. The number of ketones is 1. The van der Waals surface area contributed by atoms with E-state index in [4.69, 9.17) is 4.74 Å². The van der Waals surface area contributed by atoms with Crippen LogP contribution in [0.2, 0.25) is 0 Å². The van der Waals surface area contributed by atoms with Crippen LogP contribution in [0.5, 0.6) is 5.75 Å². The van der Waals surface area contributed by atoms with Crippen LogP contribution >= 0.6 is 0 Å². The van der Waals surface area contributed by atoms with E-state index >= 15 is 0 Å². The number of aromatic nitrogens is 2. The molecular weight excluding hydrogens is 318 g/mol. The average molecular weight is 333 g/mol. The van der Waals surface area contributed by atoms with Crippen LogP contribution in [-0.4, -0.2) is 47.2 Å². The molecule has 1 saturated heterocycles. The summed E-state index contributed by atoms with van der Waals surface area (Å²) in [6, 6.07) is 7.08. The predicted molar refractivity (Wildman–Crippen MR) is 80.7 cm³/mol. The summed E-state index contributed by atoms with van der Waals surface area (Å²) in [4.78, 5) is 18.7. The summed E-state index contributed by atoms with van der Waals surface area (Å²) >= 11 is 0.